The van der Waals surface area contributed by atoms with Crippen molar-refractivity contribution in [2.45, 2.75) is 18.4 Å². The van der Waals surface area contributed by atoms with E-state index in [1.54, 1.807) is 30.5 Å². The number of amides is 1. The third-order valence-electron chi connectivity index (χ3n) is 3.87. The van der Waals surface area contributed by atoms with Crippen LogP contribution in [0.2, 0.25) is 0 Å². The number of benzene rings is 2. The molecule has 1 aromatic heterocycles. The summed E-state index contributed by atoms with van der Waals surface area (Å²) in [4.78, 5) is 16.4. The molecule has 0 aliphatic rings. The molecule has 0 saturated heterocycles. The van der Waals surface area contributed by atoms with Crippen LogP contribution in [0, 0.1) is 6.92 Å². The molecule has 0 aliphatic carbocycles. The number of hydrogen-bond acceptors (Lipinski definition) is 4. The van der Waals surface area contributed by atoms with Crippen LogP contribution in [-0.4, -0.2) is 19.3 Å². The fraction of sp³-hybridized carbons (Fsp3) is 0.100. The van der Waals surface area contributed by atoms with E-state index in [1.807, 2.05) is 31.2 Å². The Kier molecular flexibility index (Phi) is 5.52. The van der Waals surface area contributed by atoms with Crippen molar-refractivity contribution in [2.24, 2.45) is 0 Å². The highest BCUT2D eigenvalue weighted by atomic mass is 32.2. The first-order valence-corrected chi connectivity index (χ1v) is 9.80. The van der Waals surface area contributed by atoms with Crippen molar-refractivity contribution in [3.8, 4) is 0 Å². The second kappa shape index (κ2) is 8.01. The summed E-state index contributed by atoms with van der Waals surface area (Å²) in [7, 11) is -3.93. The Morgan fingerprint density at radius 3 is 2.59 bits per heavy atom. The number of nitrogens with one attached hydrogen (secondary N) is 2. The van der Waals surface area contributed by atoms with Gasteiger partial charge in [-0.15, -0.1) is 0 Å². The molecule has 0 atom stereocenters. The van der Waals surface area contributed by atoms with Gasteiger partial charge < -0.3 is 5.32 Å². The van der Waals surface area contributed by atoms with E-state index in [0.29, 0.717) is 12.2 Å². The van der Waals surface area contributed by atoms with E-state index in [0.717, 1.165) is 11.1 Å². The van der Waals surface area contributed by atoms with Crippen LogP contribution in [-0.2, 0) is 16.6 Å². The summed E-state index contributed by atoms with van der Waals surface area (Å²) in [6, 6.07) is 17.1. The molecule has 0 radical (unpaired) electrons. The van der Waals surface area contributed by atoms with E-state index >= 15 is 0 Å². The lowest BCUT2D eigenvalue weighted by Gasteiger charge is -2.12. The maximum atomic E-state index is 12.7. The number of aromatic nitrogens is 1. The number of pyridine rings is 1. The molecule has 0 unspecified atom stereocenters. The number of carbonyl (C=O) groups excluding carboxylic acids is 1. The normalized spacial score (nSPS) is 11.0. The van der Waals surface area contributed by atoms with Gasteiger partial charge in [0.05, 0.1) is 17.4 Å². The van der Waals surface area contributed by atoms with Crippen molar-refractivity contribution in [3.05, 3.63) is 89.7 Å². The van der Waals surface area contributed by atoms with Gasteiger partial charge in [-0.2, -0.15) is 0 Å². The van der Waals surface area contributed by atoms with Crippen LogP contribution in [0.3, 0.4) is 0 Å². The number of anilines is 1. The third-order valence-corrected chi connectivity index (χ3v) is 5.31. The van der Waals surface area contributed by atoms with Gasteiger partial charge in [-0.05, 0) is 36.8 Å². The molecule has 7 heteroatoms. The Bertz CT molecular complexity index is 1050. The van der Waals surface area contributed by atoms with Crippen LogP contribution in [0.15, 0.2) is 78.0 Å². The van der Waals surface area contributed by atoms with Gasteiger partial charge in [-0.25, -0.2) is 8.42 Å². The largest absolute Gasteiger partial charge is 0.348 e. The van der Waals surface area contributed by atoms with Gasteiger partial charge in [0, 0.05) is 12.7 Å². The zero-order valence-corrected chi connectivity index (χ0v) is 15.5. The Balaban J connectivity index is 1.81. The van der Waals surface area contributed by atoms with Crippen LogP contribution in [0.4, 0.5) is 5.69 Å². The predicted molar refractivity (Wildman–Crippen MR) is 104 cm³/mol. The molecule has 0 fully saturated rings. The van der Waals surface area contributed by atoms with Gasteiger partial charge >= 0.3 is 0 Å². The molecule has 0 spiro atoms. The molecule has 3 aromatic rings. The lowest BCUT2D eigenvalue weighted by atomic mass is 10.1. The fourth-order valence-corrected chi connectivity index (χ4v) is 3.87. The van der Waals surface area contributed by atoms with Crippen molar-refractivity contribution in [1.29, 1.82) is 0 Å². The average molecular weight is 381 g/mol. The smallest absolute Gasteiger partial charge is 0.262 e. The predicted octanol–water partition coefficient (Wildman–Crippen LogP) is 3.12. The molecule has 2 N–H and O–H groups in total. The van der Waals surface area contributed by atoms with E-state index in [1.165, 1.54) is 18.3 Å². The minimum Gasteiger partial charge on any atom is -0.348 e. The second-order valence-electron chi connectivity index (χ2n) is 6.02. The van der Waals surface area contributed by atoms with E-state index in [9.17, 15) is 13.2 Å². The number of rotatable bonds is 6. The molecule has 0 saturated carbocycles. The van der Waals surface area contributed by atoms with Crippen LogP contribution in [0.1, 0.15) is 21.5 Å². The highest BCUT2D eigenvalue weighted by molar-refractivity contribution is 7.92. The van der Waals surface area contributed by atoms with E-state index in [4.69, 9.17) is 0 Å². The zero-order valence-electron chi connectivity index (χ0n) is 14.7. The maximum absolute atomic E-state index is 12.7. The molecular weight excluding hydrogens is 362 g/mol. The fourth-order valence-electron chi connectivity index (χ4n) is 2.62. The lowest BCUT2D eigenvalue weighted by Crippen LogP contribution is -2.26. The quantitative estimate of drug-likeness (QED) is 0.687. The van der Waals surface area contributed by atoms with Crippen molar-refractivity contribution < 1.29 is 13.2 Å². The minimum absolute atomic E-state index is 0.0848. The van der Waals surface area contributed by atoms with Crippen molar-refractivity contribution in [3.63, 3.8) is 0 Å². The van der Waals surface area contributed by atoms with Crippen LogP contribution < -0.4 is 10.0 Å². The molecule has 0 aliphatic heterocycles. The SMILES string of the molecule is Cc1cccc(CNC(=O)c2ccccc2S(=O)(=O)Nc2cccnc2)c1. The standard InChI is InChI=1S/C20H19N3O3S/c1-15-6-4-7-16(12-15)13-22-20(24)18-9-2-3-10-19(18)27(25,26)23-17-8-5-11-21-14-17/h2-12,14,23H,13H2,1H3,(H,22,24). The number of carbonyl (C=O) groups is 1. The first-order valence-electron chi connectivity index (χ1n) is 8.31. The third kappa shape index (κ3) is 4.71. The van der Waals surface area contributed by atoms with Crippen molar-refractivity contribution >= 4 is 21.6 Å². The Morgan fingerprint density at radius 1 is 1.04 bits per heavy atom. The number of aryl methyl sites for hydroxylation is 1. The van der Waals surface area contributed by atoms with E-state index < -0.39 is 15.9 Å². The first kappa shape index (κ1) is 18.6. The zero-order chi connectivity index (χ0) is 19.3. The van der Waals surface area contributed by atoms with Gasteiger partial charge in [0.25, 0.3) is 15.9 Å². The number of hydrogen-bond donors (Lipinski definition) is 2. The Hall–Kier alpha value is -3.19. The topological polar surface area (TPSA) is 88.2 Å². The summed E-state index contributed by atoms with van der Waals surface area (Å²) in [5, 5.41) is 2.78. The Labute approximate surface area is 158 Å². The summed E-state index contributed by atoms with van der Waals surface area (Å²) in [6.07, 6.45) is 2.95. The van der Waals surface area contributed by atoms with Gasteiger partial charge in [0.1, 0.15) is 4.90 Å². The van der Waals surface area contributed by atoms with E-state index in [-0.39, 0.29) is 10.5 Å². The van der Waals surface area contributed by atoms with Gasteiger partial charge in [0.2, 0.25) is 0 Å². The van der Waals surface area contributed by atoms with Crippen LogP contribution in [0.25, 0.3) is 0 Å². The molecular formula is C20H19N3O3S. The molecule has 6 nitrogen and oxygen atoms in total. The maximum Gasteiger partial charge on any atom is 0.262 e. The summed E-state index contributed by atoms with van der Waals surface area (Å²) in [5.41, 5.74) is 2.44. The van der Waals surface area contributed by atoms with Gasteiger partial charge in [-0.3, -0.25) is 14.5 Å². The summed E-state index contributed by atoms with van der Waals surface area (Å²) in [6.45, 7) is 2.28. The van der Waals surface area contributed by atoms with Crippen molar-refractivity contribution in [1.82, 2.24) is 10.3 Å². The van der Waals surface area contributed by atoms with Crippen LogP contribution in [0.5, 0.6) is 0 Å². The molecule has 138 valence electrons. The summed E-state index contributed by atoms with van der Waals surface area (Å²) >= 11 is 0. The number of nitrogens with zero attached hydrogens (tertiary/aromatic N) is 1. The monoisotopic (exact) mass is 381 g/mol. The lowest BCUT2D eigenvalue weighted by molar-refractivity contribution is 0.0947. The minimum atomic E-state index is -3.93. The van der Waals surface area contributed by atoms with Gasteiger partial charge in [0.15, 0.2) is 0 Å². The summed E-state index contributed by atoms with van der Waals surface area (Å²) < 4.78 is 27.9. The van der Waals surface area contributed by atoms with Crippen LogP contribution >= 0.6 is 0 Å². The van der Waals surface area contributed by atoms with E-state index in [2.05, 4.69) is 15.0 Å². The highest BCUT2D eigenvalue weighted by Gasteiger charge is 2.22. The molecule has 0 bridgehead atoms. The first-order chi connectivity index (χ1) is 13.0. The molecule has 3 rings (SSSR count). The summed E-state index contributed by atoms with van der Waals surface area (Å²) in [5.74, 6) is -0.455. The van der Waals surface area contributed by atoms with Crippen molar-refractivity contribution in [2.75, 3.05) is 4.72 Å². The molecule has 1 amide bonds. The second-order valence-corrected chi connectivity index (χ2v) is 7.67. The molecule has 1 heterocycles. The Morgan fingerprint density at radius 2 is 1.85 bits per heavy atom. The van der Waals surface area contributed by atoms with Gasteiger partial charge in [-0.1, -0.05) is 42.0 Å². The molecule has 2 aromatic carbocycles. The highest BCUT2D eigenvalue weighted by Crippen LogP contribution is 2.19. The average Bonchev–Trinajstić information content (AvgIpc) is 2.67. The number of sulfonamides is 1. The molecule has 27 heavy (non-hydrogen) atoms.